The van der Waals surface area contributed by atoms with E-state index < -0.39 is 0 Å². The first-order valence-corrected chi connectivity index (χ1v) is 11.6. The lowest BCUT2D eigenvalue weighted by Gasteiger charge is -2.14. The predicted octanol–water partition coefficient (Wildman–Crippen LogP) is 6.28. The highest BCUT2D eigenvalue weighted by molar-refractivity contribution is 7.16. The van der Waals surface area contributed by atoms with E-state index in [1.165, 1.54) is 29.0 Å². The number of halogens is 2. The Balaban J connectivity index is 1.62. The van der Waals surface area contributed by atoms with E-state index in [4.69, 9.17) is 27.9 Å². The molecule has 3 aromatic heterocycles. The van der Waals surface area contributed by atoms with Gasteiger partial charge in [-0.2, -0.15) is 0 Å². The van der Waals surface area contributed by atoms with E-state index in [0.29, 0.717) is 20.7 Å². The zero-order valence-electron chi connectivity index (χ0n) is 17.7. The summed E-state index contributed by atoms with van der Waals surface area (Å²) in [6, 6.07) is 15.0. The van der Waals surface area contributed by atoms with Crippen LogP contribution in [0.3, 0.4) is 0 Å². The van der Waals surface area contributed by atoms with E-state index in [1.54, 1.807) is 24.5 Å². The molecule has 0 amide bonds. The van der Waals surface area contributed by atoms with Gasteiger partial charge in [0.2, 0.25) is 5.75 Å². The van der Waals surface area contributed by atoms with Crippen molar-refractivity contribution >= 4 is 46.5 Å². The summed E-state index contributed by atoms with van der Waals surface area (Å²) in [6.45, 7) is 0. The number of thiazole rings is 1. The molecule has 3 heterocycles. The highest BCUT2D eigenvalue weighted by atomic mass is 35.5. The SMILES string of the molecule is COc1cnc2cc(-c3cccc(-c4cccc(-c5cnc(C=O)s5)c4Cl)c3Cl)ccn2c1=O. The Morgan fingerprint density at radius 1 is 0.941 bits per heavy atom. The summed E-state index contributed by atoms with van der Waals surface area (Å²) in [4.78, 5) is 32.7. The smallest absolute Gasteiger partial charge is 0.300 e. The van der Waals surface area contributed by atoms with Crippen LogP contribution < -0.4 is 10.3 Å². The van der Waals surface area contributed by atoms with Gasteiger partial charge in [-0.25, -0.2) is 9.97 Å². The fourth-order valence-electron chi connectivity index (χ4n) is 3.73. The Bertz CT molecular complexity index is 1630. The number of carbonyl (C=O) groups excluding carboxylic acids is 1. The fourth-order valence-corrected chi connectivity index (χ4v) is 5.21. The van der Waals surface area contributed by atoms with Crippen LogP contribution in [0.25, 0.3) is 38.3 Å². The monoisotopic (exact) mass is 507 g/mol. The third kappa shape index (κ3) is 3.77. The van der Waals surface area contributed by atoms with Crippen molar-refractivity contribution in [2.45, 2.75) is 0 Å². The molecule has 9 heteroatoms. The Labute approximate surface area is 208 Å². The number of carbonyl (C=O) groups is 1. The molecule has 5 rings (SSSR count). The molecule has 0 aliphatic heterocycles. The first-order chi connectivity index (χ1) is 16.5. The number of benzene rings is 2. The maximum atomic E-state index is 12.5. The van der Waals surface area contributed by atoms with Crippen LogP contribution in [0.15, 0.2) is 71.9 Å². The number of ether oxygens (including phenoxy) is 1. The number of fused-ring (bicyclic) bond motifs is 1. The molecule has 0 unspecified atom stereocenters. The van der Waals surface area contributed by atoms with Crippen molar-refractivity contribution in [2.75, 3.05) is 7.11 Å². The minimum Gasteiger partial charge on any atom is -0.490 e. The van der Waals surface area contributed by atoms with Crippen molar-refractivity contribution in [3.8, 4) is 38.4 Å². The Hall–Kier alpha value is -3.52. The molecule has 2 aromatic carbocycles. The van der Waals surface area contributed by atoms with Gasteiger partial charge < -0.3 is 4.74 Å². The van der Waals surface area contributed by atoms with Crippen LogP contribution in [0.1, 0.15) is 9.80 Å². The summed E-state index contributed by atoms with van der Waals surface area (Å²) in [7, 11) is 1.43. The molecular weight excluding hydrogens is 493 g/mol. The first kappa shape index (κ1) is 22.3. The van der Waals surface area contributed by atoms with E-state index in [2.05, 4.69) is 9.97 Å². The quantitative estimate of drug-likeness (QED) is 0.261. The van der Waals surface area contributed by atoms with Crippen molar-refractivity contribution in [1.29, 1.82) is 0 Å². The van der Waals surface area contributed by atoms with Crippen LogP contribution in [-0.2, 0) is 0 Å². The Kier molecular flexibility index (Phi) is 5.91. The second kappa shape index (κ2) is 9.02. The molecule has 0 radical (unpaired) electrons. The highest BCUT2D eigenvalue weighted by Crippen LogP contribution is 2.43. The van der Waals surface area contributed by atoms with Crippen LogP contribution >= 0.6 is 34.5 Å². The molecule has 0 saturated heterocycles. The van der Waals surface area contributed by atoms with E-state index >= 15 is 0 Å². The van der Waals surface area contributed by atoms with Crippen LogP contribution in [0.4, 0.5) is 0 Å². The molecule has 0 saturated carbocycles. The number of pyridine rings is 1. The minimum absolute atomic E-state index is 0.168. The van der Waals surface area contributed by atoms with Gasteiger partial charge in [-0.3, -0.25) is 14.0 Å². The van der Waals surface area contributed by atoms with Gasteiger partial charge in [-0.15, -0.1) is 11.3 Å². The maximum Gasteiger partial charge on any atom is 0.300 e. The van der Waals surface area contributed by atoms with Crippen molar-refractivity contribution in [1.82, 2.24) is 14.4 Å². The number of methoxy groups -OCH3 is 1. The average molecular weight is 508 g/mol. The predicted molar refractivity (Wildman–Crippen MR) is 135 cm³/mol. The molecule has 0 fully saturated rings. The molecule has 0 N–H and O–H groups in total. The van der Waals surface area contributed by atoms with Gasteiger partial charge in [0.05, 0.1) is 28.2 Å². The zero-order valence-corrected chi connectivity index (χ0v) is 20.0. The number of aromatic nitrogens is 3. The molecule has 0 aliphatic carbocycles. The number of rotatable bonds is 5. The van der Waals surface area contributed by atoms with Gasteiger partial charge in [0.25, 0.3) is 5.56 Å². The lowest BCUT2D eigenvalue weighted by atomic mass is 9.97. The van der Waals surface area contributed by atoms with Crippen molar-refractivity contribution < 1.29 is 9.53 Å². The number of hydrogen-bond acceptors (Lipinski definition) is 6. The van der Waals surface area contributed by atoms with Crippen molar-refractivity contribution in [3.63, 3.8) is 0 Å². The van der Waals surface area contributed by atoms with Crippen LogP contribution in [-0.4, -0.2) is 27.8 Å². The lowest BCUT2D eigenvalue weighted by Crippen LogP contribution is -2.16. The van der Waals surface area contributed by atoms with E-state index in [0.717, 1.165) is 39.0 Å². The number of nitrogens with zero attached hydrogens (tertiary/aromatic N) is 3. The standard InChI is InChI=1S/C25H15Cl2N3O3S/c1-33-19-11-28-21-10-14(8-9-30(21)25(19)32)15-4-2-5-16(23(15)26)17-6-3-7-18(24(17)27)20-12-29-22(13-31)34-20/h2-13H,1H3. The molecule has 34 heavy (non-hydrogen) atoms. The summed E-state index contributed by atoms with van der Waals surface area (Å²) in [5.41, 5.74) is 4.04. The average Bonchev–Trinajstić information content (AvgIpc) is 3.34. The normalized spacial score (nSPS) is 11.0. The number of aldehydes is 1. The molecule has 168 valence electrons. The maximum absolute atomic E-state index is 12.5. The van der Waals surface area contributed by atoms with E-state index in [9.17, 15) is 9.59 Å². The summed E-state index contributed by atoms with van der Waals surface area (Å²) < 4.78 is 6.48. The molecule has 0 atom stereocenters. The number of hydrogen-bond donors (Lipinski definition) is 0. The summed E-state index contributed by atoms with van der Waals surface area (Å²) in [5, 5.41) is 1.42. The van der Waals surface area contributed by atoms with Crippen LogP contribution in [0.2, 0.25) is 10.0 Å². The second-order valence-corrected chi connectivity index (χ2v) is 9.11. The second-order valence-electron chi connectivity index (χ2n) is 7.29. The summed E-state index contributed by atoms with van der Waals surface area (Å²) in [6.07, 6.45) is 5.40. The largest absolute Gasteiger partial charge is 0.490 e. The third-order valence-electron chi connectivity index (χ3n) is 5.39. The lowest BCUT2D eigenvalue weighted by molar-refractivity contribution is 0.112. The van der Waals surface area contributed by atoms with Gasteiger partial charge in [0.15, 0.2) is 11.3 Å². The van der Waals surface area contributed by atoms with E-state index in [-0.39, 0.29) is 11.3 Å². The van der Waals surface area contributed by atoms with Gasteiger partial charge >= 0.3 is 0 Å². The highest BCUT2D eigenvalue weighted by Gasteiger charge is 2.17. The third-order valence-corrected chi connectivity index (χ3v) is 7.16. The van der Waals surface area contributed by atoms with Crippen molar-refractivity contribution in [2.24, 2.45) is 0 Å². The Morgan fingerprint density at radius 3 is 2.29 bits per heavy atom. The van der Waals surface area contributed by atoms with Gasteiger partial charge in [0.1, 0.15) is 5.65 Å². The van der Waals surface area contributed by atoms with Crippen molar-refractivity contribution in [3.05, 3.63) is 92.5 Å². The van der Waals surface area contributed by atoms with Crippen LogP contribution in [0.5, 0.6) is 5.75 Å². The molecule has 0 spiro atoms. The fraction of sp³-hybridized carbons (Fsp3) is 0.0400. The Morgan fingerprint density at radius 2 is 1.62 bits per heavy atom. The summed E-state index contributed by atoms with van der Waals surface area (Å²) in [5.74, 6) is 0.168. The van der Waals surface area contributed by atoms with Gasteiger partial charge in [0, 0.05) is 34.6 Å². The molecule has 5 aromatic rings. The van der Waals surface area contributed by atoms with Crippen LogP contribution in [0, 0.1) is 0 Å². The molecular formula is C25H15Cl2N3O3S. The first-order valence-electron chi connectivity index (χ1n) is 10.1. The zero-order chi connectivity index (χ0) is 23.8. The molecule has 6 nitrogen and oxygen atoms in total. The molecule has 0 bridgehead atoms. The van der Waals surface area contributed by atoms with E-state index in [1.807, 2.05) is 36.4 Å². The summed E-state index contributed by atoms with van der Waals surface area (Å²) >= 11 is 15.0. The van der Waals surface area contributed by atoms with Gasteiger partial charge in [-0.1, -0.05) is 59.6 Å². The topological polar surface area (TPSA) is 73.6 Å². The minimum atomic E-state index is -0.289. The van der Waals surface area contributed by atoms with Gasteiger partial charge in [-0.05, 0) is 17.7 Å². The molecule has 0 aliphatic rings.